The van der Waals surface area contributed by atoms with Crippen LogP contribution in [0.2, 0.25) is 0 Å². The fourth-order valence-electron chi connectivity index (χ4n) is 0.632. The Bertz CT molecular complexity index is 267. The Kier molecular flexibility index (Phi) is 2.11. The number of thiophene rings is 1. The third kappa shape index (κ3) is 1.38. The summed E-state index contributed by atoms with van der Waals surface area (Å²) in [6.45, 7) is 1.88. The minimum absolute atomic E-state index is 0.350. The van der Waals surface area contributed by atoms with Crippen molar-refractivity contribution < 1.29 is 9.90 Å². The van der Waals surface area contributed by atoms with Gasteiger partial charge in [0, 0.05) is 4.88 Å². The molecule has 0 spiro atoms. The molecule has 0 radical (unpaired) electrons. The van der Waals surface area contributed by atoms with E-state index in [1.807, 2.05) is 6.92 Å². The number of aryl methyl sites for hydroxylation is 1. The van der Waals surface area contributed by atoms with Crippen LogP contribution in [0.4, 0.5) is 0 Å². The number of aromatic carboxylic acids is 1. The first-order valence-electron chi connectivity index (χ1n) is 2.60. The van der Waals surface area contributed by atoms with Crippen LogP contribution in [0.25, 0.3) is 0 Å². The lowest BCUT2D eigenvalue weighted by molar-refractivity contribution is 0.0696. The van der Waals surface area contributed by atoms with Crippen molar-refractivity contribution in [1.29, 1.82) is 0 Å². The maximum absolute atomic E-state index is 10.4. The lowest BCUT2D eigenvalue weighted by atomic mass is 10.3. The van der Waals surface area contributed by atoms with Crippen LogP contribution in [0.5, 0.6) is 0 Å². The Morgan fingerprint density at radius 2 is 2.40 bits per heavy atom. The first kappa shape index (κ1) is 7.75. The highest BCUT2D eigenvalue weighted by molar-refractivity contribution is 9.11. The first-order chi connectivity index (χ1) is 4.61. The molecule has 54 valence electrons. The number of hydrogen-bond donors (Lipinski definition) is 1. The lowest BCUT2D eigenvalue weighted by Crippen LogP contribution is -1.92. The molecule has 0 aliphatic carbocycles. The summed E-state index contributed by atoms with van der Waals surface area (Å²) >= 11 is 4.59. The largest absolute Gasteiger partial charge is 0.478 e. The van der Waals surface area contributed by atoms with Crippen LogP contribution in [-0.2, 0) is 0 Å². The first-order valence-corrected chi connectivity index (χ1v) is 4.21. The lowest BCUT2D eigenvalue weighted by Gasteiger charge is -1.84. The van der Waals surface area contributed by atoms with Gasteiger partial charge >= 0.3 is 5.97 Å². The van der Waals surface area contributed by atoms with E-state index in [4.69, 9.17) is 5.11 Å². The number of carboxylic acid groups (broad SMARTS) is 1. The number of carbonyl (C=O) groups is 1. The fourth-order valence-corrected chi connectivity index (χ4v) is 2.40. The second-order valence-corrected chi connectivity index (χ2v) is 4.42. The molecule has 0 aromatic carbocycles. The maximum atomic E-state index is 10.4. The van der Waals surface area contributed by atoms with E-state index < -0.39 is 5.97 Å². The predicted molar refractivity (Wildman–Crippen MR) is 43.7 cm³/mol. The molecule has 4 heteroatoms. The molecule has 0 bridgehead atoms. The monoisotopic (exact) mass is 220 g/mol. The summed E-state index contributed by atoms with van der Waals surface area (Å²) in [5, 5.41) is 8.56. The molecule has 1 N–H and O–H groups in total. The van der Waals surface area contributed by atoms with E-state index in [0.717, 1.165) is 4.88 Å². The van der Waals surface area contributed by atoms with Gasteiger partial charge in [-0.1, -0.05) is 0 Å². The molecule has 1 heterocycles. The van der Waals surface area contributed by atoms with E-state index in [-0.39, 0.29) is 0 Å². The molecule has 1 rings (SSSR count). The Balaban J connectivity index is 3.15. The van der Waals surface area contributed by atoms with Gasteiger partial charge in [0.1, 0.15) is 0 Å². The normalized spacial score (nSPS) is 9.80. The summed E-state index contributed by atoms with van der Waals surface area (Å²) in [6.07, 6.45) is 0. The molecule has 0 unspecified atom stereocenters. The minimum atomic E-state index is -0.878. The molecular weight excluding hydrogens is 216 g/mol. The molecule has 0 amide bonds. The van der Waals surface area contributed by atoms with Crippen LogP contribution >= 0.6 is 27.3 Å². The van der Waals surface area contributed by atoms with E-state index in [9.17, 15) is 4.79 Å². The van der Waals surface area contributed by atoms with Gasteiger partial charge < -0.3 is 5.11 Å². The van der Waals surface area contributed by atoms with E-state index in [1.54, 1.807) is 6.07 Å². The second kappa shape index (κ2) is 2.72. The molecule has 1 aromatic heterocycles. The number of carboxylic acids is 1. The quantitative estimate of drug-likeness (QED) is 0.790. The van der Waals surface area contributed by atoms with Crippen LogP contribution in [0.3, 0.4) is 0 Å². The van der Waals surface area contributed by atoms with E-state index in [2.05, 4.69) is 15.9 Å². The summed E-state index contributed by atoms with van der Waals surface area (Å²) in [4.78, 5) is 11.4. The molecule has 0 saturated heterocycles. The van der Waals surface area contributed by atoms with Crippen LogP contribution in [0, 0.1) is 6.92 Å². The molecule has 0 atom stereocenters. The van der Waals surface area contributed by atoms with Gasteiger partial charge in [-0.05, 0) is 28.9 Å². The van der Waals surface area contributed by atoms with Gasteiger partial charge in [0.05, 0.1) is 9.35 Å². The average molecular weight is 221 g/mol. The molecule has 0 aliphatic rings. The molecule has 0 aliphatic heterocycles. The molecular formula is C6H5BrO2S. The zero-order valence-electron chi connectivity index (χ0n) is 5.22. The Hall–Kier alpha value is -0.350. The average Bonchev–Trinajstić information content (AvgIpc) is 2.10. The third-order valence-corrected chi connectivity index (χ3v) is 2.79. The molecule has 1 aromatic rings. The SMILES string of the molecule is Cc1cc(C(=O)O)c(Br)s1. The van der Waals surface area contributed by atoms with Crippen molar-refractivity contribution in [2.45, 2.75) is 6.92 Å². The summed E-state index contributed by atoms with van der Waals surface area (Å²) in [5.41, 5.74) is 0.350. The van der Waals surface area contributed by atoms with Gasteiger partial charge in [0.25, 0.3) is 0 Å². The van der Waals surface area contributed by atoms with Crippen molar-refractivity contribution in [2.75, 3.05) is 0 Å². The Labute approximate surface area is 70.6 Å². The highest BCUT2D eigenvalue weighted by atomic mass is 79.9. The minimum Gasteiger partial charge on any atom is -0.478 e. The summed E-state index contributed by atoms with van der Waals surface area (Å²) in [5.74, 6) is -0.878. The van der Waals surface area contributed by atoms with Crippen molar-refractivity contribution >= 4 is 33.2 Å². The molecule has 0 saturated carbocycles. The van der Waals surface area contributed by atoms with Crippen molar-refractivity contribution in [2.24, 2.45) is 0 Å². The van der Waals surface area contributed by atoms with Crippen LogP contribution in [0.15, 0.2) is 9.85 Å². The zero-order valence-corrected chi connectivity index (χ0v) is 7.62. The van der Waals surface area contributed by atoms with Crippen molar-refractivity contribution in [3.63, 3.8) is 0 Å². The summed E-state index contributed by atoms with van der Waals surface area (Å²) < 4.78 is 0.692. The van der Waals surface area contributed by atoms with Gasteiger partial charge in [0.2, 0.25) is 0 Å². The van der Waals surface area contributed by atoms with Crippen LogP contribution in [-0.4, -0.2) is 11.1 Å². The molecule has 0 fully saturated rings. The highest BCUT2D eigenvalue weighted by Crippen LogP contribution is 2.27. The van der Waals surface area contributed by atoms with Crippen LogP contribution < -0.4 is 0 Å². The fraction of sp³-hybridized carbons (Fsp3) is 0.167. The van der Waals surface area contributed by atoms with Gasteiger partial charge in [-0.25, -0.2) is 4.79 Å². The highest BCUT2D eigenvalue weighted by Gasteiger charge is 2.10. The predicted octanol–water partition coefficient (Wildman–Crippen LogP) is 2.52. The number of hydrogen-bond acceptors (Lipinski definition) is 2. The number of halogens is 1. The van der Waals surface area contributed by atoms with E-state index in [1.165, 1.54) is 11.3 Å². The van der Waals surface area contributed by atoms with Crippen molar-refractivity contribution in [3.8, 4) is 0 Å². The third-order valence-electron chi connectivity index (χ3n) is 1.04. The smallest absolute Gasteiger partial charge is 0.337 e. The van der Waals surface area contributed by atoms with Crippen molar-refractivity contribution in [1.82, 2.24) is 0 Å². The molecule has 10 heavy (non-hydrogen) atoms. The molecule has 2 nitrogen and oxygen atoms in total. The maximum Gasteiger partial charge on any atom is 0.337 e. The van der Waals surface area contributed by atoms with Gasteiger partial charge in [-0.2, -0.15) is 0 Å². The van der Waals surface area contributed by atoms with Crippen molar-refractivity contribution in [3.05, 3.63) is 20.3 Å². The summed E-state index contributed by atoms with van der Waals surface area (Å²) in [7, 11) is 0. The topological polar surface area (TPSA) is 37.3 Å². The zero-order chi connectivity index (χ0) is 7.72. The standard InChI is InChI=1S/C6H5BrO2S/c1-3-2-4(6(8)9)5(7)10-3/h2H,1H3,(H,8,9). The van der Waals surface area contributed by atoms with Gasteiger partial charge in [-0.15, -0.1) is 11.3 Å². The Morgan fingerprint density at radius 3 is 2.60 bits per heavy atom. The van der Waals surface area contributed by atoms with Gasteiger partial charge in [0.15, 0.2) is 0 Å². The van der Waals surface area contributed by atoms with E-state index in [0.29, 0.717) is 9.35 Å². The Morgan fingerprint density at radius 1 is 1.80 bits per heavy atom. The van der Waals surface area contributed by atoms with Gasteiger partial charge in [-0.3, -0.25) is 0 Å². The summed E-state index contributed by atoms with van der Waals surface area (Å²) in [6, 6.07) is 1.65. The second-order valence-electron chi connectivity index (χ2n) is 1.85. The van der Waals surface area contributed by atoms with E-state index >= 15 is 0 Å². The van der Waals surface area contributed by atoms with Crippen LogP contribution in [0.1, 0.15) is 15.2 Å². The number of rotatable bonds is 1.